The summed E-state index contributed by atoms with van der Waals surface area (Å²) in [7, 11) is 0. The van der Waals surface area contributed by atoms with Gasteiger partial charge < -0.3 is 10.1 Å². The molecule has 100 valence electrons. The van der Waals surface area contributed by atoms with Crippen LogP contribution in [0.15, 0.2) is 0 Å². The lowest BCUT2D eigenvalue weighted by Crippen LogP contribution is -2.46. The van der Waals surface area contributed by atoms with Crippen LogP contribution in [-0.4, -0.2) is 24.8 Å². The van der Waals surface area contributed by atoms with Crippen molar-refractivity contribution < 1.29 is 4.74 Å². The number of hydrogen-bond acceptors (Lipinski definition) is 2. The molecule has 0 bridgehead atoms. The molecular formula is C15H29NO. The first-order valence-electron chi connectivity index (χ1n) is 7.59. The maximum absolute atomic E-state index is 5.90. The van der Waals surface area contributed by atoms with Crippen LogP contribution < -0.4 is 5.32 Å². The first kappa shape index (κ1) is 13.4. The highest BCUT2D eigenvalue weighted by Crippen LogP contribution is 2.28. The van der Waals surface area contributed by atoms with Crippen LogP contribution in [0.1, 0.15) is 65.2 Å². The molecule has 0 spiro atoms. The molecule has 0 radical (unpaired) electrons. The van der Waals surface area contributed by atoms with E-state index in [2.05, 4.69) is 19.2 Å². The van der Waals surface area contributed by atoms with E-state index in [1.165, 1.54) is 51.5 Å². The van der Waals surface area contributed by atoms with E-state index in [0.29, 0.717) is 6.04 Å². The van der Waals surface area contributed by atoms with Gasteiger partial charge in [0.1, 0.15) is 0 Å². The molecule has 0 aromatic rings. The zero-order chi connectivity index (χ0) is 12.1. The van der Waals surface area contributed by atoms with E-state index in [4.69, 9.17) is 4.74 Å². The fraction of sp³-hybridized carbons (Fsp3) is 1.00. The van der Waals surface area contributed by atoms with Crippen molar-refractivity contribution in [2.24, 2.45) is 5.92 Å². The number of nitrogens with one attached hydrogen (secondary N) is 1. The van der Waals surface area contributed by atoms with Crippen molar-refractivity contribution in [1.82, 2.24) is 5.32 Å². The molecule has 1 saturated heterocycles. The summed E-state index contributed by atoms with van der Waals surface area (Å²) in [5.74, 6) is 0.944. The van der Waals surface area contributed by atoms with Gasteiger partial charge in [-0.2, -0.15) is 0 Å². The van der Waals surface area contributed by atoms with E-state index < -0.39 is 0 Å². The standard InChI is InChI=1S/C15H29NO/c1-3-15(2)11-14(9-10-17-15)16-12-13-7-5-4-6-8-13/h13-14,16H,3-12H2,1-2H3. The van der Waals surface area contributed by atoms with E-state index in [9.17, 15) is 0 Å². The van der Waals surface area contributed by atoms with Crippen LogP contribution in [0.5, 0.6) is 0 Å². The van der Waals surface area contributed by atoms with Crippen molar-refractivity contribution in [3.8, 4) is 0 Å². The first-order chi connectivity index (χ1) is 8.22. The predicted octanol–water partition coefficient (Wildman–Crippen LogP) is 3.50. The third-order valence-corrected chi connectivity index (χ3v) is 4.76. The normalized spacial score (nSPS) is 36.0. The summed E-state index contributed by atoms with van der Waals surface area (Å²) in [6.07, 6.45) is 10.8. The van der Waals surface area contributed by atoms with Crippen LogP contribution in [-0.2, 0) is 4.74 Å². The van der Waals surface area contributed by atoms with Gasteiger partial charge in [-0.15, -0.1) is 0 Å². The Labute approximate surface area is 107 Å². The van der Waals surface area contributed by atoms with E-state index in [0.717, 1.165) is 18.9 Å². The number of rotatable bonds is 4. The zero-order valence-electron chi connectivity index (χ0n) is 11.6. The lowest BCUT2D eigenvalue weighted by Gasteiger charge is -2.38. The fourth-order valence-corrected chi connectivity index (χ4v) is 3.28. The molecule has 1 saturated carbocycles. The van der Waals surface area contributed by atoms with Gasteiger partial charge in [0.05, 0.1) is 5.60 Å². The molecule has 2 unspecified atom stereocenters. The molecule has 1 aliphatic carbocycles. The van der Waals surface area contributed by atoms with E-state index in [-0.39, 0.29) is 5.60 Å². The zero-order valence-corrected chi connectivity index (χ0v) is 11.6. The fourth-order valence-electron chi connectivity index (χ4n) is 3.28. The van der Waals surface area contributed by atoms with Crippen molar-refractivity contribution in [3.05, 3.63) is 0 Å². The summed E-state index contributed by atoms with van der Waals surface area (Å²) in [5.41, 5.74) is 0.127. The summed E-state index contributed by atoms with van der Waals surface area (Å²) < 4.78 is 5.90. The van der Waals surface area contributed by atoms with Crippen molar-refractivity contribution in [3.63, 3.8) is 0 Å². The van der Waals surface area contributed by atoms with Gasteiger partial charge in [0.2, 0.25) is 0 Å². The molecule has 2 atom stereocenters. The van der Waals surface area contributed by atoms with Crippen molar-refractivity contribution in [1.29, 1.82) is 0 Å². The van der Waals surface area contributed by atoms with Gasteiger partial charge in [-0.1, -0.05) is 26.2 Å². The van der Waals surface area contributed by atoms with Gasteiger partial charge in [-0.3, -0.25) is 0 Å². The second-order valence-electron chi connectivity index (χ2n) is 6.25. The van der Waals surface area contributed by atoms with Crippen molar-refractivity contribution >= 4 is 0 Å². The van der Waals surface area contributed by atoms with Crippen LogP contribution >= 0.6 is 0 Å². The smallest absolute Gasteiger partial charge is 0.0666 e. The summed E-state index contributed by atoms with van der Waals surface area (Å²) in [6, 6.07) is 0.690. The van der Waals surface area contributed by atoms with Crippen LogP contribution in [0.2, 0.25) is 0 Å². The van der Waals surface area contributed by atoms with Crippen molar-refractivity contribution in [2.75, 3.05) is 13.2 Å². The molecule has 2 aliphatic rings. The van der Waals surface area contributed by atoms with Crippen LogP contribution in [0.25, 0.3) is 0 Å². The Bertz CT molecular complexity index is 225. The Morgan fingerprint density at radius 3 is 2.65 bits per heavy atom. The quantitative estimate of drug-likeness (QED) is 0.810. The minimum Gasteiger partial charge on any atom is -0.375 e. The maximum atomic E-state index is 5.90. The average molecular weight is 239 g/mol. The molecule has 0 aromatic heterocycles. The molecule has 2 heteroatoms. The minimum atomic E-state index is 0.127. The Morgan fingerprint density at radius 1 is 1.18 bits per heavy atom. The maximum Gasteiger partial charge on any atom is 0.0666 e. The Kier molecular flexibility index (Phi) is 4.87. The first-order valence-corrected chi connectivity index (χ1v) is 7.59. The van der Waals surface area contributed by atoms with E-state index >= 15 is 0 Å². The van der Waals surface area contributed by atoms with Gasteiger partial charge in [-0.25, -0.2) is 0 Å². The van der Waals surface area contributed by atoms with Gasteiger partial charge in [0.15, 0.2) is 0 Å². The Balaban J connectivity index is 1.71. The van der Waals surface area contributed by atoms with Gasteiger partial charge in [0.25, 0.3) is 0 Å². The van der Waals surface area contributed by atoms with Gasteiger partial charge in [0, 0.05) is 12.6 Å². The monoisotopic (exact) mass is 239 g/mol. The Morgan fingerprint density at radius 2 is 1.94 bits per heavy atom. The van der Waals surface area contributed by atoms with Crippen molar-refractivity contribution in [2.45, 2.75) is 76.9 Å². The second kappa shape index (κ2) is 6.19. The molecule has 1 heterocycles. The molecule has 2 fully saturated rings. The van der Waals surface area contributed by atoms with Gasteiger partial charge >= 0.3 is 0 Å². The van der Waals surface area contributed by atoms with E-state index in [1.807, 2.05) is 0 Å². The predicted molar refractivity (Wildman–Crippen MR) is 72.2 cm³/mol. The third kappa shape index (κ3) is 3.96. The molecule has 2 nitrogen and oxygen atoms in total. The molecule has 1 aliphatic heterocycles. The SMILES string of the molecule is CCC1(C)CC(NCC2CCCCC2)CCO1. The number of hydrogen-bond donors (Lipinski definition) is 1. The highest BCUT2D eigenvalue weighted by molar-refractivity contribution is 4.86. The summed E-state index contributed by atoms with van der Waals surface area (Å²) in [6.45, 7) is 6.68. The molecule has 0 aromatic carbocycles. The topological polar surface area (TPSA) is 21.3 Å². The largest absolute Gasteiger partial charge is 0.375 e. The highest BCUT2D eigenvalue weighted by Gasteiger charge is 2.31. The summed E-state index contributed by atoms with van der Waals surface area (Å²) in [5, 5.41) is 3.80. The van der Waals surface area contributed by atoms with E-state index in [1.54, 1.807) is 0 Å². The minimum absolute atomic E-state index is 0.127. The molecular weight excluding hydrogens is 210 g/mol. The van der Waals surface area contributed by atoms with Crippen LogP contribution in [0.3, 0.4) is 0 Å². The molecule has 1 N–H and O–H groups in total. The molecule has 17 heavy (non-hydrogen) atoms. The lowest BCUT2D eigenvalue weighted by atomic mass is 9.87. The van der Waals surface area contributed by atoms with Crippen LogP contribution in [0, 0.1) is 5.92 Å². The number of ether oxygens (including phenoxy) is 1. The summed E-state index contributed by atoms with van der Waals surface area (Å²) in [4.78, 5) is 0. The second-order valence-corrected chi connectivity index (χ2v) is 6.25. The molecule has 2 rings (SSSR count). The Hall–Kier alpha value is -0.0800. The molecule has 0 amide bonds. The lowest BCUT2D eigenvalue weighted by molar-refractivity contribution is -0.0783. The third-order valence-electron chi connectivity index (χ3n) is 4.76. The average Bonchev–Trinajstić information content (AvgIpc) is 2.38. The summed E-state index contributed by atoms with van der Waals surface area (Å²) >= 11 is 0. The van der Waals surface area contributed by atoms with Gasteiger partial charge in [-0.05, 0) is 51.5 Å². The van der Waals surface area contributed by atoms with Crippen LogP contribution in [0.4, 0.5) is 0 Å². The highest BCUT2D eigenvalue weighted by atomic mass is 16.5.